The van der Waals surface area contributed by atoms with E-state index in [0.29, 0.717) is 17.6 Å². The number of aryl methyl sites for hydroxylation is 1. The standard InChI is InChI=1S/C17H23N3O2/c1-11(2)13-6-5-12(3)9-14(13)21-10-15-19-16(20-22-15)17(18)7-4-8-17/h5-6,9,11H,4,7-8,10,18H2,1-3H3. The summed E-state index contributed by atoms with van der Waals surface area (Å²) in [5, 5.41) is 4.01. The Kier molecular flexibility index (Phi) is 3.91. The van der Waals surface area contributed by atoms with Gasteiger partial charge >= 0.3 is 0 Å². The number of ether oxygens (including phenoxy) is 1. The van der Waals surface area contributed by atoms with Crippen LogP contribution < -0.4 is 10.5 Å². The van der Waals surface area contributed by atoms with Gasteiger partial charge in [0.05, 0.1) is 5.54 Å². The van der Waals surface area contributed by atoms with Gasteiger partial charge in [-0.1, -0.05) is 31.1 Å². The van der Waals surface area contributed by atoms with Gasteiger partial charge in [-0.05, 0) is 49.3 Å². The minimum absolute atomic E-state index is 0.270. The fraction of sp³-hybridized carbons (Fsp3) is 0.529. The number of nitrogens with two attached hydrogens (primary N) is 1. The maximum atomic E-state index is 6.20. The molecular formula is C17H23N3O2. The SMILES string of the molecule is Cc1ccc(C(C)C)c(OCc2nc(C3(N)CCC3)no2)c1. The summed E-state index contributed by atoms with van der Waals surface area (Å²) < 4.78 is 11.2. The lowest BCUT2D eigenvalue weighted by Crippen LogP contribution is -2.44. The van der Waals surface area contributed by atoms with Crippen molar-refractivity contribution in [2.45, 2.75) is 58.1 Å². The fourth-order valence-corrected chi connectivity index (χ4v) is 2.68. The van der Waals surface area contributed by atoms with Gasteiger partial charge in [0.2, 0.25) is 0 Å². The Morgan fingerprint density at radius 3 is 2.77 bits per heavy atom. The van der Waals surface area contributed by atoms with Crippen molar-refractivity contribution in [2.24, 2.45) is 5.73 Å². The Labute approximate surface area is 130 Å². The van der Waals surface area contributed by atoms with Crippen molar-refractivity contribution in [3.8, 4) is 5.75 Å². The highest BCUT2D eigenvalue weighted by atomic mass is 16.5. The second-order valence-electron chi connectivity index (χ2n) is 6.51. The van der Waals surface area contributed by atoms with E-state index < -0.39 is 5.54 Å². The topological polar surface area (TPSA) is 74.2 Å². The van der Waals surface area contributed by atoms with Crippen LogP contribution in [0.1, 0.15) is 61.9 Å². The van der Waals surface area contributed by atoms with E-state index in [1.54, 1.807) is 0 Å². The van der Waals surface area contributed by atoms with Crippen LogP contribution >= 0.6 is 0 Å². The van der Waals surface area contributed by atoms with Crippen molar-refractivity contribution in [3.05, 3.63) is 41.0 Å². The molecule has 0 amide bonds. The summed E-state index contributed by atoms with van der Waals surface area (Å²) in [5.41, 5.74) is 8.16. The number of benzene rings is 1. The zero-order valence-electron chi connectivity index (χ0n) is 13.4. The van der Waals surface area contributed by atoms with Crippen LogP contribution in [0.4, 0.5) is 0 Å². The van der Waals surface area contributed by atoms with E-state index in [0.717, 1.165) is 25.0 Å². The van der Waals surface area contributed by atoms with Gasteiger partial charge in [0.1, 0.15) is 5.75 Å². The van der Waals surface area contributed by atoms with E-state index in [1.165, 1.54) is 11.1 Å². The number of rotatable bonds is 5. The second-order valence-corrected chi connectivity index (χ2v) is 6.51. The molecule has 2 aromatic rings. The number of hydrogen-bond donors (Lipinski definition) is 1. The van der Waals surface area contributed by atoms with Crippen molar-refractivity contribution in [1.29, 1.82) is 0 Å². The van der Waals surface area contributed by atoms with Gasteiger partial charge in [0, 0.05) is 0 Å². The first-order valence-corrected chi connectivity index (χ1v) is 7.83. The molecule has 5 nitrogen and oxygen atoms in total. The lowest BCUT2D eigenvalue weighted by Gasteiger charge is -2.34. The molecule has 0 spiro atoms. The summed E-state index contributed by atoms with van der Waals surface area (Å²) in [7, 11) is 0. The molecule has 0 saturated heterocycles. The van der Waals surface area contributed by atoms with Crippen molar-refractivity contribution in [3.63, 3.8) is 0 Å². The van der Waals surface area contributed by atoms with Crippen molar-refractivity contribution in [2.75, 3.05) is 0 Å². The van der Waals surface area contributed by atoms with Crippen LogP contribution in [0, 0.1) is 6.92 Å². The smallest absolute Gasteiger partial charge is 0.264 e. The zero-order chi connectivity index (χ0) is 15.7. The molecule has 3 rings (SSSR count). The van der Waals surface area contributed by atoms with Gasteiger partial charge in [0.15, 0.2) is 12.4 Å². The van der Waals surface area contributed by atoms with E-state index in [2.05, 4.69) is 43.0 Å². The Morgan fingerprint density at radius 2 is 2.14 bits per heavy atom. The quantitative estimate of drug-likeness (QED) is 0.916. The average Bonchev–Trinajstić information content (AvgIpc) is 2.91. The van der Waals surface area contributed by atoms with Crippen LogP contribution in [-0.2, 0) is 12.1 Å². The molecule has 1 saturated carbocycles. The van der Waals surface area contributed by atoms with E-state index in [9.17, 15) is 0 Å². The molecule has 0 unspecified atom stereocenters. The predicted octanol–water partition coefficient (Wildman–Crippen LogP) is 3.42. The first kappa shape index (κ1) is 15.0. The van der Waals surface area contributed by atoms with Crippen LogP contribution in [0.15, 0.2) is 22.7 Å². The Morgan fingerprint density at radius 1 is 1.36 bits per heavy atom. The van der Waals surface area contributed by atoms with Gasteiger partial charge < -0.3 is 15.0 Å². The summed E-state index contributed by atoms with van der Waals surface area (Å²) in [5.74, 6) is 2.35. The maximum absolute atomic E-state index is 6.20. The third kappa shape index (κ3) is 2.86. The number of aromatic nitrogens is 2. The number of nitrogens with zero attached hydrogens (tertiary/aromatic N) is 2. The molecular weight excluding hydrogens is 278 g/mol. The minimum Gasteiger partial charge on any atom is -0.483 e. The van der Waals surface area contributed by atoms with E-state index in [-0.39, 0.29) is 6.61 Å². The Bertz CT molecular complexity index is 660. The Balaban J connectivity index is 1.71. The molecule has 2 N–H and O–H groups in total. The molecule has 118 valence electrons. The third-order valence-electron chi connectivity index (χ3n) is 4.30. The van der Waals surface area contributed by atoms with Gasteiger partial charge in [-0.3, -0.25) is 0 Å². The zero-order valence-corrected chi connectivity index (χ0v) is 13.4. The molecule has 1 aromatic heterocycles. The minimum atomic E-state index is -0.395. The molecule has 1 fully saturated rings. The van der Waals surface area contributed by atoms with Gasteiger partial charge in [-0.25, -0.2) is 0 Å². The molecule has 0 aliphatic heterocycles. The predicted molar refractivity (Wildman–Crippen MR) is 83.6 cm³/mol. The molecule has 1 heterocycles. The Hall–Kier alpha value is -1.88. The third-order valence-corrected chi connectivity index (χ3v) is 4.30. The highest BCUT2D eigenvalue weighted by Crippen LogP contribution is 2.37. The molecule has 1 aliphatic carbocycles. The molecule has 5 heteroatoms. The van der Waals surface area contributed by atoms with Crippen LogP contribution in [0.5, 0.6) is 5.75 Å². The van der Waals surface area contributed by atoms with E-state index in [1.807, 2.05) is 6.07 Å². The summed E-state index contributed by atoms with van der Waals surface area (Å²) in [4.78, 5) is 4.39. The molecule has 0 bridgehead atoms. The number of hydrogen-bond acceptors (Lipinski definition) is 5. The lowest BCUT2D eigenvalue weighted by molar-refractivity contribution is 0.222. The maximum Gasteiger partial charge on any atom is 0.264 e. The average molecular weight is 301 g/mol. The highest BCUT2D eigenvalue weighted by molar-refractivity contribution is 5.39. The van der Waals surface area contributed by atoms with Crippen LogP contribution in [0.3, 0.4) is 0 Å². The molecule has 22 heavy (non-hydrogen) atoms. The van der Waals surface area contributed by atoms with Crippen molar-refractivity contribution in [1.82, 2.24) is 10.1 Å². The summed E-state index contributed by atoms with van der Waals surface area (Å²) in [6, 6.07) is 6.25. The monoisotopic (exact) mass is 301 g/mol. The first-order chi connectivity index (χ1) is 10.5. The second kappa shape index (κ2) is 5.72. The van der Waals surface area contributed by atoms with Crippen LogP contribution in [0.2, 0.25) is 0 Å². The van der Waals surface area contributed by atoms with Crippen molar-refractivity contribution < 1.29 is 9.26 Å². The lowest BCUT2D eigenvalue weighted by atomic mass is 9.77. The van der Waals surface area contributed by atoms with Crippen LogP contribution in [-0.4, -0.2) is 10.1 Å². The van der Waals surface area contributed by atoms with Gasteiger partial charge in [-0.2, -0.15) is 4.98 Å². The van der Waals surface area contributed by atoms with E-state index >= 15 is 0 Å². The fourth-order valence-electron chi connectivity index (χ4n) is 2.68. The summed E-state index contributed by atoms with van der Waals surface area (Å²) >= 11 is 0. The highest BCUT2D eigenvalue weighted by Gasteiger charge is 2.39. The molecule has 0 atom stereocenters. The molecule has 1 aromatic carbocycles. The first-order valence-electron chi connectivity index (χ1n) is 7.83. The summed E-state index contributed by atoms with van der Waals surface area (Å²) in [6.07, 6.45) is 2.96. The van der Waals surface area contributed by atoms with E-state index in [4.69, 9.17) is 15.0 Å². The van der Waals surface area contributed by atoms with Gasteiger partial charge in [-0.15, -0.1) is 0 Å². The largest absolute Gasteiger partial charge is 0.483 e. The normalized spacial score (nSPS) is 16.6. The summed E-state index contributed by atoms with van der Waals surface area (Å²) in [6.45, 7) is 6.62. The van der Waals surface area contributed by atoms with Gasteiger partial charge in [0.25, 0.3) is 5.89 Å². The van der Waals surface area contributed by atoms with Crippen molar-refractivity contribution >= 4 is 0 Å². The molecule has 1 aliphatic rings. The molecule has 0 radical (unpaired) electrons. The van der Waals surface area contributed by atoms with Crippen LogP contribution in [0.25, 0.3) is 0 Å².